The Morgan fingerprint density at radius 1 is 1.47 bits per heavy atom. The van der Waals surface area contributed by atoms with Gasteiger partial charge in [-0.3, -0.25) is 0 Å². The number of rotatable bonds is 1. The third-order valence-electron chi connectivity index (χ3n) is 4.02. The zero-order valence-corrected chi connectivity index (χ0v) is 11.8. The molecule has 0 aromatic heterocycles. The zero-order chi connectivity index (χ0) is 12.8. The summed E-state index contributed by atoms with van der Waals surface area (Å²) in [6, 6.07) is 4.24. The molecular weight excluding hydrogens is 232 g/mol. The van der Waals surface area contributed by atoms with Crippen LogP contribution in [0.15, 0.2) is 12.1 Å². The molecule has 17 heavy (non-hydrogen) atoms. The molecule has 0 saturated heterocycles. The van der Waals surface area contributed by atoms with Crippen molar-refractivity contribution in [2.24, 2.45) is 5.73 Å². The molecule has 1 aliphatic rings. The van der Waals surface area contributed by atoms with Gasteiger partial charge in [-0.05, 0) is 43.4 Å². The van der Waals surface area contributed by atoms with Crippen molar-refractivity contribution in [3.63, 3.8) is 0 Å². The average Bonchev–Trinajstić information content (AvgIpc) is 2.25. The summed E-state index contributed by atoms with van der Waals surface area (Å²) in [4.78, 5) is 2.33. The molecule has 0 amide bonds. The first-order chi connectivity index (χ1) is 7.86. The summed E-state index contributed by atoms with van der Waals surface area (Å²) in [6.07, 6.45) is 1.15. The van der Waals surface area contributed by atoms with Crippen LogP contribution in [0.1, 0.15) is 44.2 Å². The Kier molecular flexibility index (Phi) is 3.13. The number of hydrogen-bond donors (Lipinski definition) is 1. The van der Waals surface area contributed by atoms with Crippen molar-refractivity contribution < 1.29 is 0 Å². The summed E-state index contributed by atoms with van der Waals surface area (Å²) in [5, 5.41) is 0.781. The molecule has 1 heterocycles. The molecule has 0 bridgehead atoms. The van der Waals surface area contributed by atoms with E-state index in [9.17, 15) is 0 Å². The van der Waals surface area contributed by atoms with Gasteiger partial charge in [0.15, 0.2) is 0 Å². The Morgan fingerprint density at radius 3 is 2.71 bits per heavy atom. The Labute approximate surface area is 109 Å². The van der Waals surface area contributed by atoms with E-state index in [0.717, 1.165) is 17.0 Å². The van der Waals surface area contributed by atoms with Crippen LogP contribution in [0.4, 0.5) is 5.69 Å². The molecule has 0 aliphatic carbocycles. The molecule has 0 radical (unpaired) electrons. The van der Waals surface area contributed by atoms with Crippen molar-refractivity contribution in [1.82, 2.24) is 0 Å². The van der Waals surface area contributed by atoms with Gasteiger partial charge in [-0.1, -0.05) is 24.6 Å². The van der Waals surface area contributed by atoms with Crippen LogP contribution in [0.25, 0.3) is 0 Å². The quantitative estimate of drug-likeness (QED) is 0.829. The van der Waals surface area contributed by atoms with E-state index in [-0.39, 0.29) is 5.54 Å². The van der Waals surface area contributed by atoms with Crippen molar-refractivity contribution in [2.75, 3.05) is 11.9 Å². The molecular formula is C14H21ClN2. The maximum atomic E-state index is 6.26. The smallest absolute Gasteiger partial charge is 0.0471 e. The van der Waals surface area contributed by atoms with Crippen LogP contribution in [-0.2, 0) is 6.54 Å². The van der Waals surface area contributed by atoms with Gasteiger partial charge in [-0.2, -0.15) is 0 Å². The highest BCUT2D eigenvalue weighted by atomic mass is 35.5. The monoisotopic (exact) mass is 252 g/mol. The van der Waals surface area contributed by atoms with Gasteiger partial charge in [0.1, 0.15) is 0 Å². The lowest BCUT2D eigenvalue weighted by Crippen LogP contribution is -2.45. The fourth-order valence-electron chi connectivity index (χ4n) is 2.79. The lowest BCUT2D eigenvalue weighted by molar-refractivity contribution is 0.395. The van der Waals surface area contributed by atoms with E-state index in [0.29, 0.717) is 12.5 Å². The van der Waals surface area contributed by atoms with Crippen molar-refractivity contribution in [3.05, 3.63) is 28.3 Å². The van der Waals surface area contributed by atoms with Gasteiger partial charge in [-0.15, -0.1) is 0 Å². The molecule has 2 nitrogen and oxygen atoms in total. The predicted molar refractivity (Wildman–Crippen MR) is 74.9 cm³/mol. The Morgan fingerprint density at radius 2 is 2.12 bits per heavy atom. The van der Waals surface area contributed by atoms with Crippen molar-refractivity contribution in [3.8, 4) is 0 Å². The zero-order valence-electron chi connectivity index (χ0n) is 11.0. The van der Waals surface area contributed by atoms with Gasteiger partial charge < -0.3 is 10.6 Å². The minimum atomic E-state index is 0.181. The molecule has 1 unspecified atom stereocenters. The molecule has 0 spiro atoms. The van der Waals surface area contributed by atoms with Crippen molar-refractivity contribution in [1.29, 1.82) is 0 Å². The minimum absolute atomic E-state index is 0.181. The predicted octanol–water partition coefficient (Wildman–Crippen LogP) is 3.52. The summed E-state index contributed by atoms with van der Waals surface area (Å²) < 4.78 is 0. The Balaban J connectivity index is 2.57. The summed E-state index contributed by atoms with van der Waals surface area (Å²) in [7, 11) is 2.14. The van der Waals surface area contributed by atoms with E-state index in [1.54, 1.807) is 0 Å². The highest BCUT2D eigenvalue weighted by Crippen LogP contribution is 2.44. The van der Waals surface area contributed by atoms with Gasteiger partial charge in [0.05, 0.1) is 0 Å². The molecule has 2 rings (SSSR count). The van der Waals surface area contributed by atoms with Crippen molar-refractivity contribution in [2.45, 2.75) is 45.2 Å². The highest BCUT2D eigenvalue weighted by molar-refractivity contribution is 6.31. The first-order valence-corrected chi connectivity index (χ1v) is 6.51. The van der Waals surface area contributed by atoms with Gasteiger partial charge in [-0.25, -0.2) is 0 Å². The molecule has 3 heteroatoms. The van der Waals surface area contributed by atoms with Gasteiger partial charge in [0.25, 0.3) is 0 Å². The lowest BCUT2D eigenvalue weighted by Gasteiger charge is -2.45. The topological polar surface area (TPSA) is 29.3 Å². The number of hydrogen-bond acceptors (Lipinski definition) is 2. The summed E-state index contributed by atoms with van der Waals surface area (Å²) in [6.45, 7) is 7.34. The molecule has 1 atom stereocenters. The fraction of sp³-hybridized carbons (Fsp3) is 0.571. The van der Waals surface area contributed by atoms with Gasteiger partial charge in [0.2, 0.25) is 0 Å². The van der Waals surface area contributed by atoms with E-state index in [1.807, 2.05) is 0 Å². The van der Waals surface area contributed by atoms with E-state index >= 15 is 0 Å². The van der Waals surface area contributed by atoms with E-state index < -0.39 is 0 Å². The van der Waals surface area contributed by atoms with E-state index in [2.05, 4.69) is 44.9 Å². The van der Waals surface area contributed by atoms with Crippen molar-refractivity contribution >= 4 is 17.3 Å². The van der Waals surface area contributed by atoms with Crippen LogP contribution in [0.2, 0.25) is 5.02 Å². The number of benzene rings is 1. The van der Waals surface area contributed by atoms with Crippen LogP contribution in [0, 0.1) is 0 Å². The molecule has 0 saturated carbocycles. The first-order valence-electron chi connectivity index (χ1n) is 6.13. The Hall–Kier alpha value is -0.730. The maximum Gasteiger partial charge on any atom is 0.0471 e. The van der Waals surface area contributed by atoms with E-state index in [4.69, 9.17) is 17.3 Å². The molecule has 1 aliphatic heterocycles. The first kappa shape index (κ1) is 12.7. The highest BCUT2D eigenvalue weighted by Gasteiger charge is 2.34. The number of nitrogens with zero attached hydrogens (tertiary/aromatic N) is 1. The SMILES string of the molecule is CC1CC(C)(C)N(C)c2cc(Cl)c(CN)cc21. The second kappa shape index (κ2) is 4.18. The molecule has 1 aromatic rings. The number of halogens is 1. The third kappa shape index (κ3) is 2.04. The van der Waals surface area contributed by atoms with Gasteiger partial charge in [0, 0.05) is 29.8 Å². The van der Waals surface area contributed by atoms with E-state index in [1.165, 1.54) is 11.3 Å². The fourth-order valence-corrected chi connectivity index (χ4v) is 3.03. The molecule has 1 aromatic carbocycles. The second-order valence-corrected chi connectivity index (χ2v) is 6.09. The standard InChI is InChI=1S/C14H21ClN2/c1-9-7-14(2,3)17(4)13-6-12(15)10(8-16)5-11(9)13/h5-6,9H,7-8,16H2,1-4H3. The molecule has 0 fully saturated rings. The normalized spacial score (nSPS) is 22.5. The maximum absolute atomic E-state index is 6.26. The largest absolute Gasteiger partial charge is 0.369 e. The van der Waals surface area contributed by atoms with Crippen LogP contribution in [0.5, 0.6) is 0 Å². The minimum Gasteiger partial charge on any atom is -0.369 e. The lowest BCUT2D eigenvalue weighted by atomic mass is 9.80. The third-order valence-corrected chi connectivity index (χ3v) is 4.37. The van der Waals surface area contributed by atoms with Gasteiger partial charge >= 0.3 is 0 Å². The Bertz CT molecular complexity index is 440. The number of anilines is 1. The summed E-state index contributed by atoms with van der Waals surface area (Å²) in [5.41, 5.74) is 9.56. The number of fused-ring (bicyclic) bond motifs is 1. The molecule has 2 N–H and O–H groups in total. The second-order valence-electron chi connectivity index (χ2n) is 5.68. The van der Waals surface area contributed by atoms with Crippen LogP contribution < -0.4 is 10.6 Å². The average molecular weight is 253 g/mol. The van der Waals surface area contributed by atoms with Crippen LogP contribution in [-0.4, -0.2) is 12.6 Å². The van der Waals surface area contributed by atoms with Crippen LogP contribution in [0.3, 0.4) is 0 Å². The summed E-state index contributed by atoms with van der Waals surface area (Å²) >= 11 is 6.26. The summed E-state index contributed by atoms with van der Waals surface area (Å²) in [5.74, 6) is 0.554. The van der Waals surface area contributed by atoms with Crippen LogP contribution >= 0.6 is 11.6 Å². The number of nitrogens with two attached hydrogens (primary N) is 1. The molecule has 94 valence electrons.